The van der Waals surface area contributed by atoms with E-state index >= 15 is 0 Å². The summed E-state index contributed by atoms with van der Waals surface area (Å²) in [5, 5.41) is 9.86. The molecule has 1 fully saturated rings. The highest BCUT2D eigenvalue weighted by Gasteiger charge is 2.25. The van der Waals surface area contributed by atoms with Crippen LogP contribution in [-0.2, 0) is 4.79 Å². The van der Waals surface area contributed by atoms with Crippen molar-refractivity contribution in [3.8, 4) is 0 Å². The first-order valence-corrected chi connectivity index (χ1v) is 10.1. The molecule has 2 aromatic rings. The molecule has 1 saturated heterocycles. The molecular weight excluding hydrogens is 374 g/mol. The lowest BCUT2D eigenvalue weighted by Crippen LogP contribution is -2.52. The fourth-order valence-corrected chi connectivity index (χ4v) is 3.73. The lowest BCUT2D eigenvalue weighted by molar-refractivity contribution is -0.122. The largest absolute Gasteiger partial charge is 0.352 e. The molecule has 0 aliphatic carbocycles. The number of carbonyl (C=O) groups is 2. The van der Waals surface area contributed by atoms with E-state index in [0.717, 1.165) is 24.9 Å². The van der Waals surface area contributed by atoms with Gasteiger partial charge in [0.1, 0.15) is 0 Å². The van der Waals surface area contributed by atoms with Gasteiger partial charge in [-0.25, -0.2) is 0 Å². The van der Waals surface area contributed by atoms with E-state index in [2.05, 4.69) is 22.9 Å². The van der Waals surface area contributed by atoms with Crippen molar-refractivity contribution in [1.29, 1.82) is 0 Å². The van der Waals surface area contributed by atoms with Crippen molar-refractivity contribution in [2.75, 3.05) is 6.54 Å². The van der Waals surface area contributed by atoms with Crippen molar-refractivity contribution >= 4 is 23.4 Å². The van der Waals surface area contributed by atoms with Gasteiger partial charge in [-0.2, -0.15) is 0 Å². The Kier molecular flexibility index (Phi) is 7.06. The molecule has 3 rings (SSSR count). The molecule has 0 aromatic heterocycles. The van der Waals surface area contributed by atoms with E-state index in [9.17, 15) is 9.59 Å². The van der Waals surface area contributed by atoms with Gasteiger partial charge in [0.05, 0.1) is 23.0 Å². The van der Waals surface area contributed by atoms with E-state index in [1.807, 2.05) is 30.3 Å². The Morgan fingerprint density at radius 1 is 1.14 bits per heavy atom. The van der Waals surface area contributed by atoms with E-state index in [-0.39, 0.29) is 30.3 Å². The first kappa shape index (κ1) is 20.4. The molecular formula is C22H26ClN3O2. The number of hydrogen-bond acceptors (Lipinski definition) is 3. The van der Waals surface area contributed by atoms with Gasteiger partial charge in [-0.15, -0.1) is 0 Å². The van der Waals surface area contributed by atoms with Gasteiger partial charge >= 0.3 is 0 Å². The van der Waals surface area contributed by atoms with Crippen LogP contribution in [0.25, 0.3) is 0 Å². The van der Waals surface area contributed by atoms with E-state index in [4.69, 9.17) is 11.6 Å². The molecule has 0 radical (unpaired) electrons. The maximum Gasteiger partial charge on any atom is 0.253 e. The molecule has 1 aliphatic rings. The van der Waals surface area contributed by atoms with Gasteiger partial charge in [0.15, 0.2) is 0 Å². The van der Waals surface area contributed by atoms with E-state index < -0.39 is 6.04 Å². The molecule has 1 heterocycles. The number of amides is 2. The minimum absolute atomic E-state index is 0.0751. The van der Waals surface area contributed by atoms with E-state index in [1.54, 1.807) is 24.3 Å². The molecule has 2 amide bonds. The van der Waals surface area contributed by atoms with Gasteiger partial charge in [-0.3, -0.25) is 9.59 Å². The molecule has 2 aromatic carbocycles. The van der Waals surface area contributed by atoms with Crippen molar-refractivity contribution in [1.82, 2.24) is 16.0 Å². The number of halogens is 1. The fraction of sp³-hybridized carbons (Fsp3) is 0.364. The third-order valence-electron chi connectivity index (χ3n) is 5.12. The van der Waals surface area contributed by atoms with Crippen LogP contribution in [0.4, 0.5) is 0 Å². The Bertz CT molecular complexity index is 812. The second-order valence-corrected chi connectivity index (χ2v) is 7.59. The standard InChI is InChI=1S/C22H26ClN3O2/c1-15-19(12-7-13-24-15)25-21(27)14-20(16-8-3-2-4-9-16)26-22(28)17-10-5-6-11-18(17)23/h2-6,8-11,15,19-20,24H,7,12-14H2,1H3,(H,25,27)(H,26,28). The Morgan fingerprint density at radius 2 is 1.86 bits per heavy atom. The van der Waals surface area contributed by atoms with Gasteiger partial charge in [0.2, 0.25) is 5.91 Å². The average Bonchev–Trinajstić information content (AvgIpc) is 2.70. The molecule has 6 heteroatoms. The topological polar surface area (TPSA) is 70.2 Å². The van der Waals surface area contributed by atoms with E-state index in [0.29, 0.717) is 10.6 Å². The zero-order chi connectivity index (χ0) is 19.9. The van der Waals surface area contributed by atoms with Crippen LogP contribution in [0.15, 0.2) is 54.6 Å². The molecule has 0 bridgehead atoms. The van der Waals surface area contributed by atoms with Crippen LogP contribution in [0, 0.1) is 0 Å². The van der Waals surface area contributed by atoms with Crippen LogP contribution in [0.2, 0.25) is 5.02 Å². The number of nitrogens with one attached hydrogen (secondary N) is 3. The van der Waals surface area contributed by atoms with Gasteiger partial charge in [0, 0.05) is 12.1 Å². The Labute approximate surface area is 170 Å². The molecule has 3 N–H and O–H groups in total. The highest BCUT2D eigenvalue weighted by Crippen LogP contribution is 2.20. The zero-order valence-electron chi connectivity index (χ0n) is 16.0. The van der Waals surface area contributed by atoms with Crippen molar-refractivity contribution in [2.24, 2.45) is 0 Å². The lowest BCUT2D eigenvalue weighted by atomic mass is 9.98. The predicted octanol–water partition coefficient (Wildman–Crippen LogP) is 3.46. The van der Waals surface area contributed by atoms with Crippen LogP contribution in [0.5, 0.6) is 0 Å². The predicted molar refractivity (Wildman–Crippen MR) is 111 cm³/mol. The van der Waals surface area contributed by atoms with Gasteiger partial charge in [-0.1, -0.05) is 54.1 Å². The second kappa shape index (κ2) is 9.71. The van der Waals surface area contributed by atoms with Crippen molar-refractivity contribution in [2.45, 2.75) is 44.3 Å². The van der Waals surface area contributed by atoms with Crippen molar-refractivity contribution < 1.29 is 9.59 Å². The van der Waals surface area contributed by atoms with Gasteiger partial charge in [-0.05, 0) is 44.0 Å². The third kappa shape index (κ3) is 5.33. The molecule has 0 saturated carbocycles. The summed E-state index contributed by atoms with van der Waals surface area (Å²) < 4.78 is 0. The average molecular weight is 400 g/mol. The normalized spacial score (nSPS) is 20.2. The molecule has 148 valence electrons. The van der Waals surface area contributed by atoms with Crippen LogP contribution in [0.3, 0.4) is 0 Å². The van der Waals surface area contributed by atoms with Crippen LogP contribution in [0.1, 0.15) is 48.1 Å². The maximum atomic E-state index is 12.7. The summed E-state index contributed by atoms with van der Waals surface area (Å²) in [5.41, 5.74) is 1.28. The fourth-order valence-electron chi connectivity index (χ4n) is 3.51. The number of carbonyl (C=O) groups excluding carboxylic acids is 2. The number of hydrogen-bond donors (Lipinski definition) is 3. The number of piperidine rings is 1. The number of rotatable bonds is 6. The van der Waals surface area contributed by atoms with Crippen molar-refractivity contribution in [3.63, 3.8) is 0 Å². The van der Waals surface area contributed by atoms with Gasteiger partial charge < -0.3 is 16.0 Å². The summed E-state index contributed by atoms with van der Waals surface area (Å²) in [7, 11) is 0. The van der Waals surface area contributed by atoms with E-state index in [1.165, 1.54) is 0 Å². The quantitative estimate of drug-likeness (QED) is 0.696. The summed E-state index contributed by atoms with van der Waals surface area (Å²) in [5.74, 6) is -0.367. The summed E-state index contributed by atoms with van der Waals surface area (Å²) in [4.78, 5) is 25.4. The maximum absolute atomic E-state index is 12.7. The second-order valence-electron chi connectivity index (χ2n) is 7.18. The third-order valence-corrected chi connectivity index (χ3v) is 5.45. The summed E-state index contributed by atoms with van der Waals surface area (Å²) in [6.07, 6.45) is 2.17. The monoisotopic (exact) mass is 399 g/mol. The smallest absolute Gasteiger partial charge is 0.253 e. The summed E-state index contributed by atoms with van der Waals surface area (Å²) in [6.45, 7) is 3.06. The zero-order valence-corrected chi connectivity index (χ0v) is 16.7. The minimum atomic E-state index is -0.433. The molecule has 5 nitrogen and oxygen atoms in total. The van der Waals surface area contributed by atoms with Crippen LogP contribution in [-0.4, -0.2) is 30.4 Å². The number of benzene rings is 2. The van der Waals surface area contributed by atoms with Crippen LogP contribution >= 0.6 is 11.6 Å². The SMILES string of the molecule is CC1NCCCC1NC(=O)CC(NC(=O)c1ccccc1Cl)c1ccccc1. The Morgan fingerprint density at radius 3 is 2.57 bits per heavy atom. The highest BCUT2D eigenvalue weighted by atomic mass is 35.5. The molecule has 1 aliphatic heterocycles. The molecule has 3 unspecified atom stereocenters. The molecule has 0 spiro atoms. The highest BCUT2D eigenvalue weighted by molar-refractivity contribution is 6.33. The summed E-state index contributed by atoms with van der Waals surface area (Å²) >= 11 is 6.15. The minimum Gasteiger partial charge on any atom is -0.352 e. The lowest BCUT2D eigenvalue weighted by Gasteiger charge is -2.31. The Hall–Kier alpha value is -2.37. The Balaban J connectivity index is 1.71. The first-order valence-electron chi connectivity index (χ1n) is 9.67. The first-order chi connectivity index (χ1) is 13.5. The van der Waals surface area contributed by atoms with Crippen LogP contribution < -0.4 is 16.0 Å². The van der Waals surface area contributed by atoms with Crippen molar-refractivity contribution in [3.05, 3.63) is 70.7 Å². The molecule has 3 atom stereocenters. The van der Waals surface area contributed by atoms with Gasteiger partial charge in [0.25, 0.3) is 5.91 Å². The summed E-state index contributed by atoms with van der Waals surface area (Å²) in [6, 6.07) is 16.3. The molecule has 28 heavy (non-hydrogen) atoms.